The molecule has 0 saturated carbocycles. The minimum Gasteiger partial charge on any atom is -0.381 e. The molecule has 0 N–H and O–H groups in total. The van der Waals surface area contributed by atoms with E-state index in [0.717, 1.165) is 30.8 Å². The van der Waals surface area contributed by atoms with Crippen LogP contribution in [0, 0.1) is 12.8 Å². The Morgan fingerprint density at radius 1 is 1.53 bits per heavy atom. The van der Waals surface area contributed by atoms with E-state index in [1.54, 1.807) is 0 Å². The van der Waals surface area contributed by atoms with Crippen LogP contribution >= 0.6 is 0 Å². The first kappa shape index (κ1) is 12.3. The van der Waals surface area contributed by atoms with Crippen LogP contribution in [-0.4, -0.2) is 32.2 Å². The van der Waals surface area contributed by atoms with Crippen molar-refractivity contribution < 1.29 is 14.3 Å². The molecule has 0 bridgehead atoms. The number of hydrogen-bond acceptors (Lipinski definition) is 3. The van der Waals surface area contributed by atoms with Crippen molar-refractivity contribution in [2.75, 3.05) is 26.4 Å². The summed E-state index contributed by atoms with van der Waals surface area (Å²) in [5.41, 5.74) is 1.83. The molecule has 3 nitrogen and oxygen atoms in total. The Morgan fingerprint density at radius 3 is 3.12 bits per heavy atom. The highest BCUT2D eigenvalue weighted by molar-refractivity contribution is 5.97. The molecule has 1 unspecified atom stereocenters. The van der Waals surface area contributed by atoms with Crippen LogP contribution in [0.4, 0.5) is 0 Å². The predicted molar refractivity (Wildman–Crippen MR) is 65.3 cm³/mol. The highest BCUT2D eigenvalue weighted by Crippen LogP contribution is 2.12. The van der Waals surface area contributed by atoms with Crippen LogP contribution in [-0.2, 0) is 9.47 Å². The molecule has 0 aromatic heterocycles. The van der Waals surface area contributed by atoms with E-state index in [1.807, 2.05) is 31.2 Å². The molecule has 1 aromatic carbocycles. The quantitative estimate of drug-likeness (QED) is 0.733. The Morgan fingerprint density at radius 2 is 2.41 bits per heavy atom. The molecular formula is C14H18O3. The Labute approximate surface area is 102 Å². The number of aryl methyl sites for hydroxylation is 1. The molecular weight excluding hydrogens is 216 g/mol. The maximum atomic E-state index is 11.8. The van der Waals surface area contributed by atoms with Crippen molar-refractivity contribution >= 4 is 5.78 Å². The van der Waals surface area contributed by atoms with Crippen LogP contribution in [0.5, 0.6) is 0 Å². The van der Waals surface area contributed by atoms with E-state index in [-0.39, 0.29) is 12.4 Å². The fraction of sp³-hybridized carbons (Fsp3) is 0.500. The summed E-state index contributed by atoms with van der Waals surface area (Å²) in [4.78, 5) is 11.8. The molecule has 1 saturated heterocycles. The van der Waals surface area contributed by atoms with E-state index in [9.17, 15) is 4.79 Å². The first-order valence-corrected chi connectivity index (χ1v) is 6.01. The average molecular weight is 234 g/mol. The Kier molecular flexibility index (Phi) is 4.29. The van der Waals surface area contributed by atoms with Gasteiger partial charge < -0.3 is 9.47 Å². The molecule has 2 rings (SSSR count). The van der Waals surface area contributed by atoms with Crippen LogP contribution in [0.2, 0.25) is 0 Å². The second-order valence-electron chi connectivity index (χ2n) is 4.54. The lowest BCUT2D eigenvalue weighted by Gasteiger charge is -2.08. The van der Waals surface area contributed by atoms with Gasteiger partial charge in [-0.3, -0.25) is 4.79 Å². The van der Waals surface area contributed by atoms with Crippen molar-refractivity contribution in [3.63, 3.8) is 0 Å². The first-order valence-electron chi connectivity index (χ1n) is 6.01. The van der Waals surface area contributed by atoms with Gasteiger partial charge >= 0.3 is 0 Å². The van der Waals surface area contributed by atoms with E-state index in [0.29, 0.717) is 12.5 Å². The topological polar surface area (TPSA) is 35.5 Å². The summed E-state index contributed by atoms with van der Waals surface area (Å²) < 4.78 is 10.7. The van der Waals surface area contributed by atoms with Crippen molar-refractivity contribution in [3.05, 3.63) is 35.4 Å². The molecule has 1 heterocycles. The van der Waals surface area contributed by atoms with Crippen molar-refractivity contribution in [1.82, 2.24) is 0 Å². The fourth-order valence-electron chi connectivity index (χ4n) is 1.93. The second kappa shape index (κ2) is 5.94. The fourth-order valence-corrected chi connectivity index (χ4v) is 1.93. The molecule has 0 spiro atoms. The summed E-state index contributed by atoms with van der Waals surface area (Å²) in [5.74, 6) is 0.507. The van der Waals surface area contributed by atoms with Gasteiger partial charge in [0.1, 0.15) is 6.61 Å². The predicted octanol–water partition coefficient (Wildman–Crippen LogP) is 2.23. The normalized spacial score (nSPS) is 19.5. The van der Waals surface area contributed by atoms with Crippen molar-refractivity contribution in [2.45, 2.75) is 13.3 Å². The standard InChI is InChI=1S/C14H18O3/c1-11-3-2-4-13(7-11)14(15)10-17-9-12-5-6-16-8-12/h2-4,7,12H,5-6,8-10H2,1H3. The van der Waals surface area contributed by atoms with Crippen LogP contribution < -0.4 is 0 Å². The molecule has 1 aromatic rings. The summed E-state index contributed by atoms with van der Waals surface area (Å²) in [7, 11) is 0. The SMILES string of the molecule is Cc1cccc(C(=O)COCC2CCOC2)c1. The lowest BCUT2D eigenvalue weighted by molar-refractivity contribution is 0.0651. The summed E-state index contributed by atoms with van der Waals surface area (Å²) >= 11 is 0. The van der Waals surface area contributed by atoms with Crippen LogP contribution in [0.1, 0.15) is 22.3 Å². The van der Waals surface area contributed by atoms with E-state index in [4.69, 9.17) is 9.47 Å². The van der Waals surface area contributed by atoms with Crippen LogP contribution in [0.3, 0.4) is 0 Å². The van der Waals surface area contributed by atoms with Gasteiger partial charge in [0.2, 0.25) is 0 Å². The third-order valence-corrected chi connectivity index (χ3v) is 2.95. The van der Waals surface area contributed by atoms with Gasteiger partial charge in [0.15, 0.2) is 5.78 Å². The van der Waals surface area contributed by atoms with E-state index >= 15 is 0 Å². The highest BCUT2D eigenvalue weighted by Gasteiger charge is 2.16. The highest BCUT2D eigenvalue weighted by atomic mass is 16.5. The summed E-state index contributed by atoms with van der Waals surface area (Å²) in [6.07, 6.45) is 1.04. The van der Waals surface area contributed by atoms with Crippen molar-refractivity contribution in [2.24, 2.45) is 5.92 Å². The largest absolute Gasteiger partial charge is 0.381 e. The zero-order valence-electron chi connectivity index (χ0n) is 10.1. The summed E-state index contributed by atoms with van der Waals surface area (Å²) in [6.45, 7) is 4.35. The van der Waals surface area contributed by atoms with Gasteiger partial charge in [-0.15, -0.1) is 0 Å². The van der Waals surface area contributed by atoms with Crippen molar-refractivity contribution in [3.8, 4) is 0 Å². The average Bonchev–Trinajstić information content (AvgIpc) is 2.82. The Hall–Kier alpha value is -1.19. The molecule has 3 heteroatoms. The molecule has 17 heavy (non-hydrogen) atoms. The third kappa shape index (κ3) is 3.65. The number of carbonyl (C=O) groups excluding carboxylic acids is 1. The molecule has 0 amide bonds. The molecule has 1 fully saturated rings. The molecule has 0 radical (unpaired) electrons. The number of hydrogen-bond donors (Lipinski definition) is 0. The van der Waals surface area contributed by atoms with Gasteiger partial charge in [0, 0.05) is 18.1 Å². The van der Waals surface area contributed by atoms with Gasteiger partial charge in [-0.1, -0.05) is 23.8 Å². The number of ether oxygens (including phenoxy) is 2. The van der Waals surface area contributed by atoms with Gasteiger partial charge in [-0.25, -0.2) is 0 Å². The molecule has 1 atom stereocenters. The van der Waals surface area contributed by atoms with Crippen molar-refractivity contribution in [1.29, 1.82) is 0 Å². The summed E-state index contributed by atoms with van der Waals surface area (Å²) in [6, 6.07) is 7.60. The minimum atomic E-state index is 0.0487. The van der Waals surface area contributed by atoms with Gasteiger partial charge in [-0.05, 0) is 19.4 Å². The first-order chi connectivity index (χ1) is 8.25. The molecule has 92 valence electrons. The van der Waals surface area contributed by atoms with Crippen LogP contribution in [0.15, 0.2) is 24.3 Å². The number of Topliss-reactive ketones (excluding diaryl/α,β-unsaturated/α-hetero) is 1. The Balaban J connectivity index is 1.77. The number of rotatable bonds is 5. The van der Waals surface area contributed by atoms with E-state index < -0.39 is 0 Å². The second-order valence-corrected chi connectivity index (χ2v) is 4.54. The number of ketones is 1. The lowest BCUT2D eigenvalue weighted by atomic mass is 10.1. The van der Waals surface area contributed by atoms with Crippen LogP contribution in [0.25, 0.3) is 0 Å². The maximum absolute atomic E-state index is 11.8. The van der Waals surface area contributed by atoms with Gasteiger partial charge in [0.25, 0.3) is 0 Å². The monoisotopic (exact) mass is 234 g/mol. The van der Waals surface area contributed by atoms with E-state index in [2.05, 4.69) is 0 Å². The smallest absolute Gasteiger partial charge is 0.188 e. The molecule has 1 aliphatic heterocycles. The molecule has 1 aliphatic rings. The number of carbonyl (C=O) groups is 1. The zero-order valence-corrected chi connectivity index (χ0v) is 10.1. The third-order valence-electron chi connectivity index (χ3n) is 2.95. The maximum Gasteiger partial charge on any atom is 0.188 e. The number of benzene rings is 1. The Bertz CT molecular complexity index is 381. The lowest BCUT2D eigenvalue weighted by Crippen LogP contribution is -2.15. The van der Waals surface area contributed by atoms with Gasteiger partial charge in [0.05, 0.1) is 13.2 Å². The zero-order chi connectivity index (χ0) is 12.1. The van der Waals surface area contributed by atoms with E-state index in [1.165, 1.54) is 0 Å². The summed E-state index contributed by atoms with van der Waals surface area (Å²) in [5, 5.41) is 0. The minimum absolute atomic E-state index is 0.0487. The van der Waals surface area contributed by atoms with Gasteiger partial charge in [-0.2, -0.15) is 0 Å². The molecule has 0 aliphatic carbocycles.